The Labute approximate surface area is 92.8 Å². The van der Waals surface area contributed by atoms with Gasteiger partial charge in [0.25, 0.3) is 0 Å². The Kier molecular flexibility index (Phi) is 2.60. The van der Waals surface area contributed by atoms with Crippen LogP contribution in [0.5, 0.6) is 0 Å². The first-order chi connectivity index (χ1) is 6.44. The maximum absolute atomic E-state index is 5.85. The molecule has 2 bridgehead atoms. The van der Waals surface area contributed by atoms with E-state index in [9.17, 15) is 0 Å². The minimum absolute atomic E-state index is 0.540. The van der Waals surface area contributed by atoms with Crippen molar-refractivity contribution in [1.82, 2.24) is 4.90 Å². The maximum atomic E-state index is 5.85. The van der Waals surface area contributed by atoms with Crippen LogP contribution in [0, 0.1) is 10.8 Å². The SMILES string of the molecule is CC1(C)CC2CC(C)(CN2CCCl)C1. The largest absolute Gasteiger partial charge is 0.299 e. The predicted octanol–water partition coefficient (Wildman–Crippen LogP) is 3.13. The number of hydrogen-bond acceptors (Lipinski definition) is 1. The summed E-state index contributed by atoms with van der Waals surface area (Å²) < 4.78 is 0. The number of fused-ring (bicyclic) bond motifs is 2. The third kappa shape index (κ3) is 1.94. The van der Waals surface area contributed by atoms with E-state index in [1.54, 1.807) is 0 Å². The number of rotatable bonds is 2. The smallest absolute Gasteiger partial charge is 0.0351 e. The quantitative estimate of drug-likeness (QED) is 0.640. The van der Waals surface area contributed by atoms with Crippen LogP contribution in [0.25, 0.3) is 0 Å². The molecule has 0 spiro atoms. The molecule has 1 aliphatic heterocycles. The van der Waals surface area contributed by atoms with Gasteiger partial charge in [-0.25, -0.2) is 0 Å². The fourth-order valence-electron chi connectivity index (χ4n) is 3.95. The van der Waals surface area contributed by atoms with Crippen LogP contribution in [0.2, 0.25) is 0 Å². The highest BCUT2D eigenvalue weighted by atomic mass is 35.5. The van der Waals surface area contributed by atoms with E-state index in [4.69, 9.17) is 11.6 Å². The molecule has 2 unspecified atom stereocenters. The van der Waals surface area contributed by atoms with Gasteiger partial charge in [-0.1, -0.05) is 20.8 Å². The molecule has 0 N–H and O–H groups in total. The molecule has 1 nitrogen and oxygen atoms in total. The van der Waals surface area contributed by atoms with E-state index in [1.807, 2.05) is 0 Å². The van der Waals surface area contributed by atoms with Gasteiger partial charge in [0.05, 0.1) is 0 Å². The molecule has 0 aromatic carbocycles. The van der Waals surface area contributed by atoms with Crippen LogP contribution in [-0.2, 0) is 0 Å². The van der Waals surface area contributed by atoms with Gasteiger partial charge in [0.15, 0.2) is 0 Å². The Morgan fingerprint density at radius 2 is 2.00 bits per heavy atom. The standard InChI is InChI=1S/C12H22ClN/c1-11(2)6-10-7-12(3,8-11)9-14(10)5-4-13/h10H,4-9H2,1-3H3. The minimum atomic E-state index is 0.540. The van der Waals surface area contributed by atoms with Crippen molar-refractivity contribution in [1.29, 1.82) is 0 Å². The molecular weight excluding hydrogens is 194 g/mol. The van der Waals surface area contributed by atoms with Crippen molar-refractivity contribution in [2.45, 2.75) is 46.1 Å². The Morgan fingerprint density at radius 3 is 2.64 bits per heavy atom. The minimum Gasteiger partial charge on any atom is -0.299 e. The number of hydrogen-bond donors (Lipinski definition) is 0. The Hall–Kier alpha value is 0.250. The summed E-state index contributed by atoms with van der Waals surface area (Å²) >= 11 is 5.85. The van der Waals surface area contributed by atoms with Crippen LogP contribution in [0.3, 0.4) is 0 Å². The summed E-state index contributed by atoms with van der Waals surface area (Å²) in [4.78, 5) is 2.61. The molecule has 1 heterocycles. The third-order valence-corrected chi connectivity index (χ3v) is 4.06. The van der Waals surface area contributed by atoms with Gasteiger partial charge in [-0.2, -0.15) is 0 Å². The molecule has 0 amide bonds. The van der Waals surface area contributed by atoms with E-state index in [1.165, 1.54) is 25.8 Å². The molecule has 0 radical (unpaired) electrons. The van der Waals surface area contributed by atoms with Gasteiger partial charge in [0.1, 0.15) is 0 Å². The molecule has 2 atom stereocenters. The summed E-state index contributed by atoms with van der Waals surface area (Å²) in [5.74, 6) is 0.785. The lowest BCUT2D eigenvalue weighted by atomic mass is 9.65. The first kappa shape index (κ1) is 10.8. The lowest BCUT2D eigenvalue weighted by molar-refractivity contribution is 0.128. The van der Waals surface area contributed by atoms with Crippen molar-refractivity contribution in [3.63, 3.8) is 0 Å². The van der Waals surface area contributed by atoms with Crippen LogP contribution in [0.4, 0.5) is 0 Å². The van der Waals surface area contributed by atoms with E-state index >= 15 is 0 Å². The summed E-state index contributed by atoms with van der Waals surface area (Å²) in [5, 5.41) is 0. The second-order valence-corrected chi connectivity index (χ2v) is 6.75. The van der Waals surface area contributed by atoms with Gasteiger partial charge >= 0.3 is 0 Å². The predicted molar refractivity (Wildman–Crippen MR) is 61.8 cm³/mol. The molecule has 2 heteroatoms. The molecular formula is C12H22ClN. The van der Waals surface area contributed by atoms with Crippen LogP contribution in [-0.4, -0.2) is 29.9 Å². The summed E-state index contributed by atoms with van der Waals surface area (Å²) in [7, 11) is 0. The number of halogens is 1. The maximum Gasteiger partial charge on any atom is 0.0351 e. The van der Waals surface area contributed by atoms with Crippen molar-refractivity contribution in [2.24, 2.45) is 10.8 Å². The molecule has 82 valence electrons. The highest BCUT2D eigenvalue weighted by Crippen LogP contribution is 2.52. The number of alkyl halides is 1. The summed E-state index contributed by atoms with van der Waals surface area (Å²) in [6, 6.07) is 0.808. The van der Waals surface area contributed by atoms with E-state index in [-0.39, 0.29) is 0 Å². The molecule has 0 aromatic heterocycles. The van der Waals surface area contributed by atoms with Crippen LogP contribution in [0.1, 0.15) is 40.0 Å². The summed E-state index contributed by atoms with van der Waals surface area (Å²) in [6.45, 7) is 9.64. The Morgan fingerprint density at radius 1 is 1.29 bits per heavy atom. The highest BCUT2D eigenvalue weighted by molar-refractivity contribution is 6.18. The second kappa shape index (κ2) is 3.38. The van der Waals surface area contributed by atoms with Gasteiger partial charge in [-0.05, 0) is 30.1 Å². The Balaban J connectivity index is 2.11. The zero-order valence-corrected chi connectivity index (χ0v) is 10.4. The summed E-state index contributed by atoms with van der Waals surface area (Å²) in [6.07, 6.45) is 4.14. The van der Waals surface area contributed by atoms with Crippen LogP contribution >= 0.6 is 11.6 Å². The second-order valence-electron chi connectivity index (χ2n) is 6.37. The van der Waals surface area contributed by atoms with Gasteiger partial charge in [-0.15, -0.1) is 11.6 Å². The van der Waals surface area contributed by atoms with E-state index in [0.717, 1.165) is 18.5 Å². The topological polar surface area (TPSA) is 3.24 Å². The Bertz CT molecular complexity index is 226. The lowest BCUT2D eigenvalue weighted by Crippen LogP contribution is -2.35. The van der Waals surface area contributed by atoms with E-state index in [2.05, 4.69) is 25.7 Å². The zero-order valence-electron chi connectivity index (χ0n) is 9.65. The normalized spacial score (nSPS) is 41.6. The van der Waals surface area contributed by atoms with Crippen molar-refractivity contribution in [2.75, 3.05) is 19.0 Å². The van der Waals surface area contributed by atoms with E-state index < -0.39 is 0 Å². The van der Waals surface area contributed by atoms with Gasteiger partial charge in [0, 0.05) is 25.0 Å². The van der Waals surface area contributed by atoms with Gasteiger partial charge in [0.2, 0.25) is 0 Å². The highest BCUT2D eigenvalue weighted by Gasteiger charge is 2.48. The van der Waals surface area contributed by atoms with Crippen molar-refractivity contribution >= 4 is 11.6 Å². The molecule has 2 aliphatic rings. The van der Waals surface area contributed by atoms with Crippen molar-refractivity contribution in [3.05, 3.63) is 0 Å². The summed E-state index contributed by atoms with van der Waals surface area (Å²) in [5.41, 5.74) is 1.11. The molecule has 1 aliphatic carbocycles. The van der Waals surface area contributed by atoms with Gasteiger partial charge in [-0.3, -0.25) is 4.90 Å². The van der Waals surface area contributed by atoms with E-state index in [0.29, 0.717) is 10.8 Å². The average Bonchev–Trinajstić information content (AvgIpc) is 2.20. The van der Waals surface area contributed by atoms with Crippen molar-refractivity contribution < 1.29 is 0 Å². The number of nitrogens with zero attached hydrogens (tertiary/aromatic N) is 1. The average molecular weight is 216 g/mol. The molecule has 2 fully saturated rings. The zero-order chi connectivity index (χ0) is 10.4. The van der Waals surface area contributed by atoms with Crippen LogP contribution in [0.15, 0.2) is 0 Å². The molecule has 1 saturated heterocycles. The fraction of sp³-hybridized carbons (Fsp3) is 1.00. The number of likely N-dealkylation sites (tertiary alicyclic amines) is 1. The third-order valence-electron chi connectivity index (χ3n) is 3.89. The molecule has 0 aromatic rings. The first-order valence-electron chi connectivity index (χ1n) is 5.74. The van der Waals surface area contributed by atoms with Crippen molar-refractivity contribution in [3.8, 4) is 0 Å². The molecule has 2 rings (SSSR count). The lowest BCUT2D eigenvalue weighted by Gasteiger charge is -2.39. The first-order valence-corrected chi connectivity index (χ1v) is 6.28. The monoisotopic (exact) mass is 215 g/mol. The molecule has 14 heavy (non-hydrogen) atoms. The molecule has 1 saturated carbocycles. The fourth-order valence-corrected chi connectivity index (χ4v) is 4.16. The van der Waals surface area contributed by atoms with Crippen LogP contribution < -0.4 is 0 Å². The van der Waals surface area contributed by atoms with Gasteiger partial charge < -0.3 is 0 Å².